The summed E-state index contributed by atoms with van der Waals surface area (Å²) in [5.74, 6) is 0.214. The van der Waals surface area contributed by atoms with Crippen LogP contribution in [-0.2, 0) is 15.7 Å². The van der Waals surface area contributed by atoms with Crippen LogP contribution in [0.4, 0.5) is 23.8 Å². The van der Waals surface area contributed by atoms with Crippen LogP contribution >= 0.6 is 0 Å². The zero-order valence-electron chi connectivity index (χ0n) is 19.3. The number of hydrogen-bond acceptors (Lipinski definition) is 7. The fraction of sp³-hybridized carbons (Fsp3) is 0.522. The van der Waals surface area contributed by atoms with Crippen LogP contribution in [0.5, 0.6) is 5.75 Å². The number of anilines is 1. The molecule has 186 valence electrons. The lowest BCUT2D eigenvalue weighted by molar-refractivity contribution is -0.139. The largest absolute Gasteiger partial charge is 0.489 e. The van der Waals surface area contributed by atoms with E-state index in [9.17, 15) is 18.0 Å². The van der Waals surface area contributed by atoms with Crippen LogP contribution in [0.3, 0.4) is 0 Å². The molecular formula is C23H29F3N4O4. The zero-order chi connectivity index (χ0) is 24.9. The molecule has 1 aliphatic rings. The van der Waals surface area contributed by atoms with Gasteiger partial charge in [0, 0.05) is 18.2 Å². The number of alkyl halides is 3. The summed E-state index contributed by atoms with van der Waals surface area (Å²) in [5, 5.41) is 3.20. The van der Waals surface area contributed by atoms with Gasteiger partial charge in [0.25, 0.3) is 0 Å². The minimum atomic E-state index is -4.68. The van der Waals surface area contributed by atoms with Crippen molar-refractivity contribution in [1.82, 2.24) is 9.97 Å². The summed E-state index contributed by atoms with van der Waals surface area (Å²) in [7, 11) is 0. The Morgan fingerprint density at radius 1 is 1.29 bits per heavy atom. The van der Waals surface area contributed by atoms with E-state index in [1.165, 1.54) is 18.5 Å². The van der Waals surface area contributed by atoms with Gasteiger partial charge in [-0.15, -0.1) is 0 Å². The maximum Gasteiger partial charge on any atom is 0.419 e. The van der Waals surface area contributed by atoms with E-state index < -0.39 is 23.4 Å². The van der Waals surface area contributed by atoms with E-state index in [4.69, 9.17) is 19.9 Å². The van der Waals surface area contributed by atoms with Gasteiger partial charge in [-0.3, -0.25) is 0 Å². The predicted molar refractivity (Wildman–Crippen MR) is 119 cm³/mol. The molecule has 1 amide bonds. The molecule has 2 unspecified atom stereocenters. The van der Waals surface area contributed by atoms with Crippen molar-refractivity contribution in [2.24, 2.45) is 11.7 Å². The highest BCUT2D eigenvalue weighted by Gasteiger charge is 2.37. The number of carbonyl (C=O) groups excluding carboxylic acids is 1. The third-order valence-corrected chi connectivity index (χ3v) is 5.25. The van der Waals surface area contributed by atoms with Crippen molar-refractivity contribution in [3.8, 4) is 17.0 Å². The molecule has 1 saturated heterocycles. The number of hydrogen-bond donors (Lipinski definition) is 2. The lowest BCUT2D eigenvalue weighted by Gasteiger charge is -2.30. The lowest BCUT2D eigenvalue weighted by atomic mass is 9.95. The number of nitrogens with two attached hydrogens (primary N) is 1. The zero-order valence-corrected chi connectivity index (χ0v) is 19.3. The van der Waals surface area contributed by atoms with Gasteiger partial charge in [0.05, 0.1) is 23.9 Å². The molecule has 1 aliphatic heterocycles. The van der Waals surface area contributed by atoms with E-state index in [1.54, 1.807) is 13.0 Å². The van der Waals surface area contributed by atoms with E-state index in [-0.39, 0.29) is 29.9 Å². The average Bonchev–Trinajstić information content (AvgIpc) is 3.23. The van der Waals surface area contributed by atoms with E-state index in [0.29, 0.717) is 31.1 Å². The SMILES string of the molecule is CC(C)CC(C)(COc1ccc(-c2cc(NC3CCOC3)ncn2)cc1C(F)(F)F)OC(N)=O. The number of carbonyl (C=O) groups is 1. The molecule has 2 atom stereocenters. The number of rotatable bonds is 9. The monoisotopic (exact) mass is 482 g/mol. The van der Waals surface area contributed by atoms with Crippen molar-refractivity contribution in [2.45, 2.75) is 51.4 Å². The molecule has 0 saturated carbocycles. The van der Waals surface area contributed by atoms with Gasteiger partial charge in [0.15, 0.2) is 0 Å². The Morgan fingerprint density at radius 3 is 2.68 bits per heavy atom. The average molecular weight is 483 g/mol. The van der Waals surface area contributed by atoms with Gasteiger partial charge in [0.1, 0.15) is 30.1 Å². The van der Waals surface area contributed by atoms with E-state index in [1.807, 2.05) is 13.8 Å². The molecule has 2 aromatic rings. The number of primary amides is 1. The summed E-state index contributed by atoms with van der Waals surface area (Å²) in [6.45, 7) is 6.25. The first-order valence-corrected chi connectivity index (χ1v) is 10.9. The van der Waals surface area contributed by atoms with Crippen LogP contribution in [0.25, 0.3) is 11.3 Å². The minimum Gasteiger partial charge on any atom is -0.489 e. The van der Waals surface area contributed by atoms with Gasteiger partial charge < -0.3 is 25.3 Å². The molecule has 1 aromatic carbocycles. The van der Waals surface area contributed by atoms with E-state index in [0.717, 1.165) is 12.5 Å². The molecule has 3 rings (SSSR count). The van der Waals surface area contributed by atoms with Crippen molar-refractivity contribution in [1.29, 1.82) is 0 Å². The number of ether oxygens (including phenoxy) is 3. The van der Waals surface area contributed by atoms with Crippen LogP contribution < -0.4 is 15.8 Å². The van der Waals surface area contributed by atoms with Crippen molar-refractivity contribution in [2.75, 3.05) is 25.1 Å². The standard InChI is InChI=1S/C23H29F3N4O4/c1-14(2)10-22(3,34-21(27)31)12-33-19-5-4-15(8-17(19)23(24,25)26)18-9-20(29-13-28-18)30-16-6-7-32-11-16/h4-5,8-9,13-14,16H,6-7,10-12H2,1-3H3,(H2,27,31)(H,28,29,30). The molecule has 8 nitrogen and oxygen atoms in total. The van der Waals surface area contributed by atoms with E-state index >= 15 is 0 Å². The van der Waals surface area contributed by atoms with Crippen LogP contribution in [0.2, 0.25) is 0 Å². The smallest absolute Gasteiger partial charge is 0.419 e. The summed E-state index contributed by atoms with van der Waals surface area (Å²) in [6.07, 6.45) is -3.23. The number of amides is 1. The molecule has 0 bridgehead atoms. The van der Waals surface area contributed by atoms with Crippen LogP contribution in [0, 0.1) is 5.92 Å². The Kier molecular flexibility index (Phi) is 7.86. The number of halogens is 3. The Hall–Kier alpha value is -3.08. The highest BCUT2D eigenvalue weighted by Crippen LogP contribution is 2.39. The van der Waals surface area contributed by atoms with Gasteiger partial charge in [-0.25, -0.2) is 14.8 Å². The van der Waals surface area contributed by atoms with Crippen molar-refractivity contribution < 1.29 is 32.2 Å². The van der Waals surface area contributed by atoms with Gasteiger partial charge in [-0.1, -0.05) is 13.8 Å². The molecule has 3 N–H and O–H groups in total. The number of nitrogens with zero attached hydrogens (tertiary/aromatic N) is 2. The summed E-state index contributed by atoms with van der Waals surface area (Å²) in [4.78, 5) is 19.6. The maximum atomic E-state index is 13.9. The molecular weight excluding hydrogens is 453 g/mol. The summed E-state index contributed by atoms with van der Waals surface area (Å²) in [5.41, 5.74) is 3.59. The third kappa shape index (κ3) is 6.96. The molecule has 11 heteroatoms. The second kappa shape index (κ2) is 10.5. The molecule has 0 radical (unpaired) electrons. The first-order valence-electron chi connectivity index (χ1n) is 10.9. The highest BCUT2D eigenvalue weighted by atomic mass is 19.4. The Bertz CT molecular complexity index is 996. The summed E-state index contributed by atoms with van der Waals surface area (Å²) < 4.78 is 57.7. The quantitative estimate of drug-likeness (QED) is 0.536. The molecule has 2 heterocycles. The normalized spacial score (nSPS) is 17.9. The topological polar surface area (TPSA) is 109 Å². The van der Waals surface area contributed by atoms with Crippen LogP contribution in [0.1, 0.15) is 39.2 Å². The minimum absolute atomic E-state index is 0.0898. The number of nitrogens with one attached hydrogen (secondary N) is 1. The lowest BCUT2D eigenvalue weighted by Crippen LogP contribution is -2.41. The molecule has 0 spiro atoms. The molecule has 1 aromatic heterocycles. The highest BCUT2D eigenvalue weighted by molar-refractivity contribution is 5.66. The Morgan fingerprint density at radius 2 is 2.06 bits per heavy atom. The summed E-state index contributed by atoms with van der Waals surface area (Å²) >= 11 is 0. The first kappa shape index (κ1) is 25.5. The summed E-state index contributed by atoms with van der Waals surface area (Å²) in [6, 6.07) is 5.39. The molecule has 1 fully saturated rings. The second-order valence-corrected chi connectivity index (χ2v) is 8.96. The molecule has 34 heavy (non-hydrogen) atoms. The van der Waals surface area contributed by atoms with Crippen molar-refractivity contribution >= 4 is 11.9 Å². The van der Waals surface area contributed by atoms with Gasteiger partial charge in [0.2, 0.25) is 0 Å². The maximum absolute atomic E-state index is 13.9. The van der Waals surface area contributed by atoms with E-state index in [2.05, 4.69) is 15.3 Å². The Labute approximate surface area is 196 Å². The van der Waals surface area contributed by atoms with Crippen molar-refractivity contribution in [3.05, 3.63) is 36.2 Å². The van der Waals surface area contributed by atoms with Crippen molar-refractivity contribution in [3.63, 3.8) is 0 Å². The predicted octanol–water partition coefficient (Wildman–Crippen LogP) is 4.64. The molecule has 0 aliphatic carbocycles. The van der Waals surface area contributed by atoms with Crippen LogP contribution in [-0.4, -0.2) is 47.5 Å². The number of benzene rings is 1. The van der Waals surface area contributed by atoms with Gasteiger partial charge in [-0.2, -0.15) is 13.2 Å². The third-order valence-electron chi connectivity index (χ3n) is 5.25. The van der Waals surface area contributed by atoms with Gasteiger partial charge >= 0.3 is 12.3 Å². The fourth-order valence-electron chi connectivity index (χ4n) is 3.96. The first-order chi connectivity index (χ1) is 15.9. The fourth-order valence-corrected chi connectivity index (χ4v) is 3.96. The number of aromatic nitrogens is 2. The Balaban J connectivity index is 1.85. The second-order valence-electron chi connectivity index (χ2n) is 8.96. The van der Waals surface area contributed by atoms with Gasteiger partial charge in [-0.05, 0) is 43.9 Å². The van der Waals surface area contributed by atoms with Crippen LogP contribution in [0.15, 0.2) is 30.6 Å².